The zero-order valence-corrected chi connectivity index (χ0v) is 18.8. The highest BCUT2D eigenvalue weighted by Crippen LogP contribution is 2.23. The van der Waals surface area contributed by atoms with Crippen LogP contribution in [0.15, 0.2) is 40.8 Å². The van der Waals surface area contributed by atoms with Crippen LogP contribution >= 0.6 is 0 Å². The Morgan fingerprint density at radius 2 is 1.84 bits per heavy atom. The zero-order valence-electron chi connectivity index (χ0n) is 18.8. The number of rotatable bonds is 6. The highest BCUT2D eigenvalue weighted by atomic mass is 16.5. The molecular formula is C25H31N3O4. The second kappa shape index (κ2) is 10.2. The molecule has 32 heavy (non-hydrogen) atoms. The second-order valence-corrected chi connectivity index (χ2v) is 8.87. The summed E-state index contributed by atoms with van der Waals surface area (Å²) in [6, 6.07) is 12.6. The van der Waals surface area contributed by atoms with Crippen LogP contribution in [0, 0.1) is 17.2 Å². The van der Waals surface area contributed by atoms with Crippen LogP contribution in [0.4, 0.5) is 0 Å². The highest BCUT2D eigenvalue weighted by molar-refractivity contribution is 5.91. The van der Waals surface area contributed by atoms with Crippen molar-refractivity contribution in [2.75, 3.05) is 32.7 Å². The number of hydrogen-bond acceptors (Lipinski definition) is 6. The number of piperidine rings is 1. The lowest BCUT2D eigenvalue weighted by Gasteiger charge is -2.39. The van der Waals surface area contributed by atoms with Gasteiger partial charge in [0.25, 0.3) is 5.91 Å². The molecule has 2 fully saturated rings. The van der Waals surface area contributed by atoms with E-state index in [-0.39, 0.29) is 24.7 Å². The molecule has 2 atom stereocenters. The van der Waals surface area contributed by atoms with E-state index in [0.29, 0.717) is 28.8 Å². The molecule has 0 N–H and O–H groups in total. The first-order valence-corrected chi connectivity index (χ1v) is 11.4. The van der Waals surface area contributed by atoms with Gasteiger partial charge in [-0.1, -0.05) is 12.1 Å². The van der Waals surface area contributed by atoms with Crippen molar-refractivity contribution in [2.45, 2.75) is 45.5 Å². The molecule has 1 aromatic heterocycles. The fourth-order valence-corrected chi connectivity index (χ4v) is 4.68. The summed E-state index contributed by atoms with van der Waals surface area (Å²) in [5.74, 6) is 1.95. The van der Waals surface area contributed by atoms with Crippen molar-refractivity contribution >= 4 is 5.91 Å². The number of para-hydroxylation sites is 1. The number of benzene rings is 1. The summed E-state index contributed by atoms with van der Waals surface area (Å²) in [6.45, 7) is 8.99. The first-order chi connectivity index (χ1) is 15.5. The molecule has 1 amide bonds. The molecule has 2 aliphatic heterocycles. The standard InChI is InChI=1S/C25H31N3O4/c1-18-14-27(15-19(2)31-18)16-20-9-11-28(12-10-20)25(29)24-8-7-22(32-24)17-30-23-6-4-3-5-21(23)13-26/h3-8,18-20H,9-12,14-17H2,1-2H3. The van der Waals surface area contributed by atoms with Crippen molar-refractivity contribution in [3.8, 4) is 11.8 Å². The van der Waals surface area contributed by atoms with Gasteiger partial charge >= 0.3 is 0 Å². The first-order valence-electron chi connectivity index (χ1n) is 11.4. The Labute approximate surface area is 189 Å². The quantitative estimate of drug-likeness (QED) is 0.686. The average molecular weight is 438 g/mol. The van der Waals surface area contributed by atoms with Gasteiger partial charge in [0, 0.05) is 32.7 Å². The summed E-state index contributed by atoms with van der Waals surface area (Å²) in [7, 11) is 0. The molecular weight excluding hydrogens is 406 g/mol. The number of nitriles is 1. The SMILES string of the molecule is CC1CN(CC2CCN(C(=O)c3ccc(COc4ccccc4C#N)o3)CC2)CC(C)O1. The number of amides is 1. The van der Waals surface area contributed by atoms with Crippen molar-refractivity contribution in [3.63, 3.8) is 0 Å². The number of ether oxygens (including phenoxy) is 2. The molecule has 2 aromatic rings. The third kappa shape index (κ3) is 5.50. The summed E-state index contributed by atoms with van der Waals surface area (Å²) in [5, 5.41) is 9.16. The minimum absolute atomic E-state index is 0.0688. The maximum Gasteiger partial charge on any atom is 0.289 e. The fourth-order valence-electron chi connectivity index (χ4n) is 4.68. The van der Waals surface area contributed by atoms with Crippen molar-refractivity contribution in [3.05, 3.63) is 53.5 Å². The third-order valence-corrected chi connectivity index (χ3v) is 6.16. The fraction of sp³-hybridized carbons (Fsp3) is 0.520. The van der Waals surface area contributed by atoms with Crippen LogP contribution in [0.1, 0.15) is 48.6 Å². The van der Waals surface area contributed by atoms with Crippen molar-refractivity contribution in [1.82, 2.24) is 9.80 Å². The molecule has 1 aromatic carbocycles. The second-order valence-electron chi connectivity index (χ2n) is 8.87. The van der Waals surface area contributed by atoms with E-state index in [2.05, 4.69) is 24.8 Å². The first kappa shape index (κ1) is 22.4. The number of carbonyl (C=O) groups is 1. The Kier molecular flexibility index (Phi) is 7.13. The minimum Gasteiger partial charge on any atom is -0.484 e. The van der Waals surface area contributed by atoms with Gasteiger partial charge in [0.15, 0.2) is 5.76 Å². The van der Waals surface area contributed by atoms with Gasteiger partial charge in [0.05, 0.1) is 17.8 Å². The Morgan fingerprint density at radius 1 is 1.12 bits per heavy atom. The van der Waals surface area contributed by atoms with E-state index >= 15 is 0 Å². The molecule has 0 spiro atoms. The number of morpholine rings is 1. The Morgan fingerprint density at radius 3 is 2.56 bits per heavy atom. The molecule has 4 rings (SSSR count). The Hall–Kier alpha value is -2.82. The zero-order chi connectivity index (χ0) is 22.5. The predicted octanol–water partition coefficient (Wildman–Crippen LogP) is 3.69. The lowest BCUT2D eigenvalue weighted by molar-refractivity contribution is -0.0729. The smallest absolute Gasteiger partial charge is 0.289 e. The normalized spacial score (nSPS) is 22.5. The van der Waals surface area contributed by atoms with Crippen molar-refractivity contribution in [1.29, 1.82) is 5.26 Å². The van der Waals surface area contributed by atoms with Crippen LogP contribution in [0.25, 0.3) is 0 Å². The average Bonchev–Trinajstić information content (AvgIpc) is 3.26. The largest absolute Gasteiger partial charge is 0.484 e. The minimum atomic E-state index is -0.0688. The summed E-state index contributed by atoms with van der Waals surface area (Å²) in [5.41, 5.74) is 0.472. The van der Waals surface area contributed by atoms with Gasteiger partial charge in [-0.3, -0.25) is 9.69 Å². The predicted molar refractivity (Wildman–Crippen MR) is 119 cm³/mol. The van der Waals surface area contributed by atoms with Gasteiger partial charge in [-0.05, 0) is 56.9 Å². The van der Waals surface area contributed by atoms with E-state index < -0.39 is 0 Å². The van der Waals surface area contributed by atoms with E-state index in [1.807, 2.05) is 11.0 Å². The molecule has 0 radical (unpaired) electrons. The lowest BCUT2D eigenvalue weighted by Crippen LogP contribution is -2.48. The van der Waals surface area contributed by atoms with Crippen molar-refractivity contribution < 1.29 is 18.7 Å². The van der Waals surface area contributed by atoms with Crippen LogP contribution in [-0.2, 0) is 11.3 Å². The number of nitrogens with zero attached hydrogens (tertiary/aromatic N) is 3. The molecule has 7 heteroatoms. The lowest BCUT2D eigenvalue weighted by atomic mass is 9.95. The number of furan rings is 1. The molecule has 0 bridgehead atoms. The Balaban J connectivity index is 1.26. The molecule has 7 nitrogen and oxygen atoms in total. The van der Waals surface area contributed by atoms with Gasteiger partial charge in [-0.25, -0.2) is 0 Å². The van der Waals surface area contributed by atoms with Gasteiger partial charge < -0.3 is 18.8 Å². The van der Waals surface area contributed by atoms with Crippen LogP contribution in [0.2, 0.25) is 0 Å². The van der Waals surface area contributed by atoms with E-state index in [1.54, 1.807) is 30.3 Å². The molecule has 2 aliphatic rings. The number of carbonyl (C=O) groups excluding carboxylic acids is 1. The van der Waals surface area contributed by atoms with Gasteiger partial charge in [0.2, 0.25) is 0 Å². The van der Waals surface area contributed by atoms with E-state index in [4.69, 9.17) is 19.2 Å². The summed E-state index contributed by atoms with van der Waals surface area (Å²) >= 11 is 0. The van der Waals surface area contributed by atoms with Crippen LogP contribution in [0.3, 0.4) is 0 Å². The van der Waals surface area contributed by atoms with E-state index in [0.717, 1.165) is 45.6 Å². The van der Waals surface area contributed by atoms with Gasteiger partial charge in [0.1, 0.15) is 24.2 Å². The molecule has 0 aliphatic carbocycles. The Bertz CT molecular complexity index is 948. The molecule has 2 saturated heterocycles. The highest BCUT2D eigenvalue weighted by Gasteiger charge is 2.29. The van der Waals surface area contributed by atoms with Gasteiger partial charge in [-0.15, -0.1) is 0 Å². The molecule has 3 heterocycles. The maximum atomic E-state index is 12.9. The topological polar surface area (TPSA) is 78.9 Å². The number of hydrogen-bond donors (Lipinski definition) is 0. The summed E-state index contributed by atoms with van der Waals surface area (Å²) in [6.07, 6.45) is 2.58. The monoisotopic (exact) mass is 437 g/mol. The van der Waals surface area contributed by atoms with Crippen molar-refractivity contribution in [2.24, 2.45) is 5.92 Å². The molecule has 0 saturated carbocycles. The maximum absolute atomic E-state index is 12.9. The van der Waals surface area contributed by atoms with Crippen LogP contribution < -0.4 is 4.74 Å². The van der Waals surface area contributed by atoms with E-state index in [1.165, 1.54) is 0 Å². The molecule has 2 unspecified atom stereocenters. The van der Waals surface area contributed by atoms with Gasteiger partial charge in [-0.2, -0.15) is 5.26 Å². The van der Waals surface area contributed by atoms with Crippen LogP contribution in [-0.4, -0.2) is 60.6 Å². The summed E-state index contributed by atoms with van der Waals surface area (Å²) in [4.78, 5) is 17.3. The third-order valence-electron chi connectivity index (χ3n) is 6.16. The molecule has 170 valence electrons. The van der Waals surface area contributed by atoms with Crippen LogP contribution in [0.5, 0.6) is 5.75 Å². The number of likely N-dealkylation sites (tertiary alicyclic amines) is 1. The summed E-state index contributed by atoms with van der Waals surface area (Å²) < 4.78 is 17.3. The van der Waals surface area contributed by atoms with E-state index in [9.17, 15) is 4.79 Å².